The smallest absolute Gasteiger partial charge is 0.167 e. The largest absolute Gasteiger partial charge is 0.208 e. The molecule has 3 atom stereocenters. The van der Waals surface area contributed by atoms with Crippen LogP contribution >= 0.6 is 0 Å². The van der Waals surface area contributed by atoms with Gasteiger partial charge in [0.05, 0.1) is 0 Å². The first kappa shape index (κ1) is 113. The molecule has 0 spiro atoms. The minimum absolute atomic E-state index is 0. The predicted octanol–water partition coefficient (Wildman–Crippen LogP) is 30.4. The van der Waals surface area contributed by atoms with Gasteiger partial charge >= 0.3 is 0 Å². The Kier molecular flexibility index (Phi) is 73.1. The Balaban J connectivity index is -0.0000000711. The van der Waals surface area contributed by atoms with E-state index >= 15 is 0 Å². The highest BCUT2D eigenvalue weighted by Crippen LogP contribution is 2.47. The van der Waals surface area contributed by atoms with Crippen LogP contribution in [0.5, 0.6) is 0 Å². The molecule has 0 bridgehead atoms. The molecular formula is C78H144F8. The lowest BCUT2D eigenvalue weighted by Crippen LogP contribution is -2.27. The number of hydrogen-bond acceptors (Lipinski definition) is 0. The fourth-order valence-electron chi connectivity index (χ4n) is 10.5. The van der Waals surface area contributed by atoms with Crippen LogP contribution in [0.1, 0.15) is 302 Å². The standard InChI is InChI=1S/2C17H20F2.C16H24F2.C12H16F2.16CH4/c2*1-4-6-12-8-9-13-10-14(7-5-2)16(18)17(19)15(13)11(12)3;1-3-5-11-7-8-12-10-13(6-4-2)15(17)16(18)14(12)9-11;1-3-5-9-7-8-10(6-4-2)12(14)11(9)13;;;;;;;;;;;;;;;;/h2*8-10H,4-7H2,1-3H3;10-12,14H,3-9H2,1-2H3;7-8H,3-6H2,1-2H3;16*1H4. The minimum Gasteiger partial charge on any atom is -0.208 e. The molecule has 5 aromatic rings. The third-order valence-corrected chi connectivity index (χ3v) is 14.1. The molecule has 2 aliphatic rings. The average molecular weight is 1230 g/mol. The molecule has 0 aromatic heterocycles. The second-order valence-corrected chi connectivity index (χ2v) is 19.6. The molecule has 2 aliphatic carbocycles. The molecule has 0 nitrogen and oxygen atoms in total. The van der Waals surface area contributed by atoms with E-state index in [1.54, 1.807) is 24.3 Å². The summed E-state index contributed by atoms with van der Waals surface area (Å²) >= 11 is 0. The maximum atomic E-state index is 14.3. The normalized spacial score (nSPS) is 13.4. The quantitative estimate of drug-likeness (QED) is 0.0864. The van der Waals surface area contributed by atoms with Gasteiger partial charge in [-0.25, -0.2) is 35.1 Å². The van der Waals surface area contributed by atoms with Crippen molar-refractivity contribution in [2.45, 2.75) is 310 Å². The zero-order valence-corrected chi connectivity index (χ0v) is 43.9. The van der Waals surface area contributed by atoms with Gasteiger partial charge < -0.3 is 0 Å². The maximum Gasteiger partial charge on any atom is 0.167 e. The lowest BCUT2D eigenvalue weighted by molar-refractivity contribution is 0.196. The number of aryl methyl sites for hydroxylation is 8. The molecule has 8 heteroatoms. The van der Waals surface area contributed by atoms with Crippen LogP contribution in [0.4, 0.5) is 35.1 Å². The maximum absolute atomic E-state index is 14.3. The van der Waals surface area contributed by atoms with Gasteiger partial charge in [0.25, 0.3) is 0 Å². The molecule has 7 rings (SSSR count). The van der Waals surface area contributed by atoms with Gasteiger partial charge in [0.1, 0.15) is 5.83 Å². The minimum atomic E-state index is -0.684. The molecule has 512 valence electrons. The van der Waals surface area contributed by atoms with Crippen LogP contribution in [0.2, 0.25) is 0 Å². The van der Waals surface area contributed by atoms with Crippen LogP contribution in [0.3, 0.4) is 0 Å². The summed E-state index contributed by atoms with van der Waals surface area (Å²) in [6.07, 6.45) is 18.4. The van der Waals surface area contributed by atoms with Gasteiger partial charge in [-0.05, 0) is 163 Å². The average Bonchev–Trinajstić information content (AvgIpc) is 3.34. The molecule has 1 fully saturated rings. The third-order valence-electron chi connectivity index (χ3n) is 14.1. The number of benzene rings is 5. The van der Waals surface area contributed by atoms with E-state index < -0.39 is 46.6 Å². The van der Waals surface area contributed by atoms with Crippen molar-refractivity contribution in [1.82, 2.24) is 0 Å². The Bertz CT molecular complexity index is 2410. The highest BCUT2D eigenvalue weighted by molar-refractivity contribution is 5.89. The lowest BCUT2D eigenvalue weighted by Gasteiger charge is -2.36. The van der Waals surface area contributed by atoms with Gasteiger partial charge in [-0.15, -0.1) is 0 Å². The number of halogens is 8. The molecule has 0 saturated heterocycles. The molecule has 3 unspecified atom stereocenters. The molecule has 0 heterocycles. The number of allylic oxidation sites excluding steroid dienone is 4. The van der Waals surface area contributed by atoms with Crippen molar-refractivity contribution >= 4 is 21.5 Å². The summed E-state index contributed by atoms with van der Waals surface area (Å²) in [5, 5.41) is 2.51. The van der Waals surface area contributed by atoms with E-state index in [2.05, 4.69) is 20.8 Å². The van der Waals surface area contributed by atoms with Crippen molar-refractivity contribution in [1.29, 1.82) is 0 Å². The summed E-state index contributed by atoms with van der Waals surface area (Å²) in [7, 11) is 0. The van der Waals surface area contributed by atoms with Gasteiger partial charge in [-0.1, -0.05) is 274 Å². The van der Waals surface area contributed by atoms with Gasteiger partial charge in [-0.3, -0.25) is 0 Å². The van der Waals surface area contributed by atoms with Crippen molar-refractivity contribution in [3.05, 3.63) is 151 Å². The Morgan fingerprint density at radius 3 is 0.977 bits per heavy atom. The predicted molar refractivity (Wildman–Crippen MR) is 387 cm³/mol. The lowest BCUT2D eigenvalue weighted by atomic mass is 9.69. The highest BCUT2D eigenvalue weighted by Gasteiger charge is 2.37. The van der Waals surface area contributed by atoms with Gasteiger partial charge in [0.15, 0.2) is 40.7 Å². The Morgan fingerprint density at radius 2 is 0.651 bits per heavy atom. The van der Waals surface area contributed by atoms with E-state index in [9.17, 15) is 35.1 Å². The number of rotatable bonds is 16. The summed E-state index contributed by atoms with van der Waals surface area (Å²) in [6.45, 7) is 20.0. The summed E-state index contributed by atoms with van der Waals surface area (Å²) in [5.41, 5.74) is 6.52. The molecule has 5 aromatic carbocycles. The third kappa shape index (κ3) is 28.4. The molecule has 1 saturated carbocycles. The first-order valence-corrected chi connectivity index (χ1v) is 26.6. The van der Waals surface area contributed by atoms with E-state index in [0.717, 1.165) is 116 Å². The van der Waals surface area contributed by atoms with E-state index in [-0.39, 0.29) is 131 Å². The van der Waals surface area contributed by atoms with Crippen molar-refractivity contribution < 1.29 is 35.1 Å². The Labute approximate surface area is 533 Å². The van der Waals surface area contributed by atoms with Crippen molar-refractivity contribution in [3.63, 3.8) is 0 Å². The second kappa shape index (κ2) is 55.8. The molecule has 0 amide bonds. The Hall–Kier alpha value is -4.46. The first-order valence-electron chi connectivity index (χ1n) is 26.6. The first-order chi connectivity index (χ1) is 33.6. The topological polar surface area (TPSA) is 0 Å². The molecule has 0 radical (unpaired) electrons. The van der Waals surface area contributed by atoms with E-state index in [1.807, 2.05) is 78.8 Å². The van der Waals surface area contributed by atoms with Crippen LogP contribution in [0.15, 0.2) is 71.8 Å². The fourth-order valence-corrected chi connectivity index (χ4v) is 10.5. The van der Waals surface area contributed by atoms with Crippen molar-refractivity contribution in [3.8, 4) is 0 Å². The fraction of sp³-hybridized carbons (Fsp3) is 0.615. The Morgan fingerprint density at radius 1 is 0.349 bits per heavy atom. The van der Waals surface area contributed by atoms with E-state index in [0.29, 0.717) is 76.6 Å². The van der Waals surface area contributed by atoms with Crippen LogP contribution < -0.4 is 0 Å². The van der Waals surface area contributed by atoms with Gasteiger partial charge in [0, 0.05) is 16.7 Å². The molecular weight excluding hydrogens is 1090 g/mol. The zero-order valence-electron chi connectivity index (χ0n) is 43.9. The highest BCUT2D eigenvalue weighted by atomic mass is 19.2. The summed E-state index contributed by atoms with van der Waals surface area (Å²) in [5.74, 6) is -4.35. The van der Waals surface area contributed by atoms with Crippen LogP contribution in [-0.4, -0.2) is 0 Å². The number of fused-ring (bicyclic) bond motifs is 3. The second-order valence-electron chi connectivity index (χ2n) is 19.6. The number of hydrogen-bond donors (Lipinski definition) is 0. The molecule has 86 heavy (non-hydrogen) atoms. The SMILES string of the molecule is C.C.C.C.C.C.C.C.C.C.C.C.C.C.C.C.CCCC1=CC2CCC(CCC)CC2C(F)=C1F.CCCc1cc2ccc(CCC)c(C)c2c(F)c1F.CCCc1cc2ccc(CCC)c(C)c2c(F)c1F.CCCc1ccc(CCC)c(F)c1F. The molecule has 0 N–H and O–H groups in total. The van der Waals surface area contributed by atoms with Crippen molar-refractivity contribution in [2.24, 2.45) is 17.8 Å². The molecule has 0 aliphatic heterocycles. The van der Waals surface area contributed by atoms with Gasteiger partial charge in [-0.2, -0.15) is 0 Å². The summed E-state index contributed by atoms with van der Waals surface area (Å²) < 4.78 is 112. The van der Waals surface area contributed by atoms with Crippen LogP contribution in [0, 0.1) is 66.5 Å². The summed E-state index contributed by atoms with van der Waals surface area (Å²) in [6, 6.07) is 14.9. The monoisotopic (exact) mass is 1230 g/mol. The van der Waals surface area contributed by atoms with Crippen molar-refractivity contribution in [2.75, 3.05) is 0 Å². The van der Waals surface area contributed by atoms with E-state index in [4.69, 9.17) is 0 Å². The van der Waals surface area contributed by atoms with Crippen LogP contribution in [0.25, 0.3) is 21.5 Å². The zero-order chi connectivity index (χ0) is 51.7. The van der Waals surface area contributed by atoms with E-state index in [1.165, 1.54) is 6.42 Å². The van der Waals surface area contributed by atoms with Gasteiger partial charge in [0.2, 0.25) is 0 Å². The van der Waals surface area contributed by atoms with Crippen LogP contribution in [-0.2, 0) is 38.5 Å². The summed E-state index contributed by atoms with van der Waals surface area (Å²) in [4.78, 5) is 0.